The number of H-pyrrole nitrogens is 1. The van der Waals surface area contributed by atoms with Gasteiger partial charge in [-0.3, -0.25) is 9.89 Å². The van der Waals surface area contributed by atoms with Gasteiger partial charge in [0.15, 0.2) is 5.78 Å². The number of hydrogen-bond donors (Lipinski definition) is 2. The highest BCUT2D eigenvalue weighted by atomic mass is 16.1. The standard InChI is InChI=1S/C9H13N3O/c1-6(13)8-5-9(12-11-8)7-3-2-4-10-7/h5,7,10H,2-4H2,1H3,(H,11,12). The second-order valence-corrected chi connectivity index (χ2v) is 3.41. The Morgan fingerprint density at radius 2 is 2.54 bits per heavy atom. The van der Waals surface area contributed by atoms with Crippen LogP contribution in [0.4, 0.5) is 0 Å². The lowest BCUT2D eigenvalue weighted by Crippen LogP contribution is -2.12. The van der Waals surface area contributed by atoms with Crippen molar-refractivity contribution >= 4 is 5.78 Å². The molecule has 2 N–H and O–H groups in total. The molecule has 1 unspecified atom stereocenters. The average molecular weight is 179 g/mol. The quantitative estimate of drug-likeness (QED) is 0.667. The fourth-order valence-corrected chi connectivity index (χ4v) is 1.65. The number of ketones is 1. The molecular weight excluding hydrogens is 166 g/mol. The third kappa shape index (κ3) is 1.62. The largest absolute Gasteiger partial charge is 0.309 e. The first-order valence-corrected chi connectivity index (χ1v) is 4.57. The molecule has 0 aliphatic carbocycles. The van der Waals surface area contributed by atoms with Crippen molar-refractivity contribution in [3.8, 4) is 0 Å². The molecule has 4 heteroatoms. The number of carbonyl (C=O) groups excluding carboxylic acids is 1. The number of Topliss-reactive ketones (excluding diaryl/α,β-unsaturated/α-hetero) is 1. The number of hydrogen-bond acceptors (Lipinski definition) is 3. The summed E-state index contributed by atoms with van der Waals surface area (Å²) < 4.78 is 0. The molecule has 70 valence electrons. The molecule has 4 nitrogen and oxygen atoms in total. The molecule has 1 atom stereocenters. The zero-order valence-corrected chi connectivity index (χ0v) is 7.63. The minimum atomic E-state index is 0.0143. The molecule has 0 radical (unpaired) electrons. The second kappa shape index (κ2) is 3.30. The molecule has 2 heterocycles. The first kappa shape index (κ1) is 8.44. The molecule has 1 aliphatic heterocycles. The smallest absolute Gasteiger partial charge is 0.179 e. The van der Waals surface area contributed by atoms with Crippen LogP contribution in [-0.2, 0) is 0 Å². The first-order valence-electron chi connectivity index (χ1n) is 4.57. The van der Waals surface area contributed by atoms with Gasteiger partial charge in [-0.2, -0.15) is 5.10 Å². The molecule has 1 aromatic heterocycles. The van der Waals surface area contributed by atoms with Crippen LogP contribution >= 0.6 is 0 Å². The molecule has 0 amide bonds. The van der Waals surface area contributed by atoms with Gasteiger partial charge in [-0.1, -0.05) is 0 Å². The van der Waals surface area contributed by atoms with E-state index in [0.29, 0.717) is 11.7 Å². The van der Waals surface area contributed by atoms with Crippen molar-refractivity contribution in [1.29, 1.82) is 0 Å². The van der Waals surface area contributed by atoms with E-state index in [0.717, 1.165) is 18.7 Å². The zero-order valence-electron chi connectivity index (χ0n) is 7.63. The van der Waals surface area contributed by atoms with E-state index in [-0.39, 0.29) is 5.78 Å². The van der Waals surface area contributed by atoms with E-state index < -0.39 is 0 Å². The highest BCUT2D eigenvalue weighted by Crippen LogP contribution is 2.21. The Bertz CT molecular complexity index is 312. The zero-order chi connectivity index (χ0) is 9.26. The Kier molecular flexibility index (Phi) is 2.14. The number of nitrogens with one attached hydrogen (secondary N) is 2. The van der Waals surface area contributed by atoms with E-state index in [1.807, 2.05) is 6.07 Å². The van der Waals surface area contributed by atoms with Crippen LogP contribution in [0.2, 0.25) is 0 Å². The predicted molar refractivity (Wildman–Crippen MR) is 48.6 cm³/mol. The number of aromatic amines is 1. The molecule has 0 saturated carbocycles. The van der Waals surface area contributed by atoms with Crippen LogP contribution in [0, 0.1) is 0 Å². The highest BCUT2D eigenvalue weighted by molar-refractivity contribution is 5.92. The van der Waals surface area contributed by atoms with E-state index in [4.69, 9.17) is 0 Å². The summed E-state index contributed by atoms with van der Waals surface area (Å²) in [6.45, 7) is 2.58. The molecule has 0 aromatic carbocycles. The van der Waals surface area contributed by atoms with Gasteiger partial charge in [-0.15, -0.1) is 0 Å². The van der Waals surface area contributed by atoms with Gasteiger partial charge in [0.2, 0.25) is 0 Å². The van der Waals surface area contributed by atoms with Gasteiger partial charge in [0, 0.05) is 13.0 Å². The molecule has 0 bridgehead atoms. The fraction of sp³-hybridized carbons (Fsp3) is 0.556. The fourth-order valence-electron chi connectivity index (χ4n) is 1.65. The summed E-state index contributed by atoms with van der Waals surface area (Å²) in [5.41, 5.74) is 1.56. The first-order chi connectivity index (χ1) is 6.27. The monoisotopic (exact) mass is 179 g/mol. The Balaban J connectivity index is 2.16. The average Bonchev–Trinajstić information content (AvgIpc) is 2.75. The van der Waals surface area contributed by atoms with Crippen molar-refractivity contribution in [2.75, 3.05) is 6.54 Å². The topological polar surface area (TPSA) is 57.8 Å². The van der Waals surface area contributed by atoms with Crippen LogP contribution in [0.5, 0.6) is 0 Å². The molecule has 1 saturated heterocycles. The summed E-state index contributed by atoms with van der Waals surface area (Å²) in [7, 11) is 0. The Morgan fingerprint density at radius 1 is 1.69 bits per heavy atom. The van der Waals surface area contributed by atoms with E-state index in [1.165, 1.54) is 13.3 Å². The van der Waals surface area contributed by atoms with Crippen LogP contribution in [0.25, 0.3) is 0 Å². The van der Waals surface area contributed by atoms with E-state index >= 15 is 0 Å². The Labute approximate surface area is 76.7 Å². The summed E-state index contributed by atoms with van der Waals surface area (Å²) in [5, 5.41) is 10.2. The van der Waals surface area contributed by atoms with Gasteiger partial charge in [0.1, 0.15) is 5.69 Å². The minimum absolute atomic E-state index is 0.0143. The molecule has 1 aromatic rings. The molecule has 0 spiro atoms. The molecule has 2 rings (SSSR count). The Hall–Kier alpha value is -1.16. The SMILES string of the molecule is CC(=O)c1cc(C2CCCN2)[nH]n1. The summed E-state index contributed by atoms with van der Waals surface area (Å²) >= 11 is 0. The summed E-state index contributed by atoms with van der Waals surface area (Å²) in [6.07, 6.45) is 2.32. The van der Waals surface area contributed by atoms with Crippen molar-refractivity contribution < 1.29 is 4.79 Å². The van der Waals surface area contributed by atoms with E-state index in [2.05, 4.69) is 15.5 Å². The van der Waals surface area contributed by atoms with Crippen LogP contribution in [-0.4, -0.2) is 22.5 Å². The maximum absolute atomic E-state index is 11.0. The van der Waals surface area contributed by atoms with Crippen LogP contribution in [0.15, 0.2) is 6.07 Å². The summed E-state index contributed by atoms with van der Waals surface area (Å²) in [6, 6.07) is 2.20. The van der Waals surface area contributed by atoms with Crippen molar-refractivity contribution in [1.82, 2.24) is 15.5 Å². The van der Waals surface area contributed by atoms with Crippen molar-refractivity contribution in [2.45, 2.75) is 25.8 Å². The van der Waals surface area contributed by atoms with Gasteiger partial charge < -0.3 is 5.32 Å². The summed E-state index contributed by atoms with van der Waals surface area (Å²) in [4.78, 5) is 11.0. The third-order valence-corrected chi connectivity index (χ3v) is 2.39. The van der Waals surface area contributed by atoms with Crippen LogP contribution < -0.4 is 5.32 Å². The number of rotatable bonds is 2. The lowest BCUT2D eigenvalue weighted by atomic mass is 10.1. The number of nitrogens with zero attached hydrogens (tertiary/aromatic N) is 1. The van der Waals surface area contributed by atoms with Crippen molar-refractivity contribution in [3.63, 3.8) is 0 Å². The molecule has 13 heavy (non-hydrogen) atoms. The third-order valence-electron chi connectivity index (χ3n) is 2.39. The van der Waals surface area contributed by atoms with Crippen LogP contribution in [0.1, 0.15) is 42.0 Å². The van der Waals surface area contributed by atoms with Gasteiger partial charge in [-0.05, 0) is 25.5 Å². The van der Waals surface area contributed by atoms with Gasteiger partial charge in [0.25, 0.3) is 0 Å². The minimum Gasteiger partial charge on any atom is -0.309 e. The molecule has 1 fully saturated rings. The van der Waals surface area contributed by atoms with Crippen molar-refractivity contribution in [3.05, 3.63) is 17.5 Å². The van der Waals surface area contributed by atoms with E-state index in [1.54, 1.807) is 0 Å². The van der Waals surface area contributed by atoms with E-state index in [9.17, 15) is 4.79 Å². The molecule has 1 aliphatic rings. The lowest BCUT2D eigenvalue weighted by molar-refractivity contribution is 0.101. The number of aromatic nitrogens is 2. The Morgan fingerprint density at radius 3 is 3.08 bits per heavy atom. The van der Waals surface area contributed by atoms with Gasteiger partial charge >= 0.3 is 0 Å². The maximum Gasteiger partial charge on any atom is 0.179 e. The predicted octanol–water partition coefficient (Wildman–Crippen LogP) is 1.04. The van der Waals surface area contributed by atoms with Crippen molar-refractivity contribution in [2.24, 2.45) is 0 Å². The van der Waals surface area contributed by atoms with Gasteiger partial charge in [-0.25, -0.2) is 0 Å². The second-order valence-electron chi connectivity index (χ2n) is 3.41. The normalized spacial score (nSPS) is 22.1. The summed E-state index contributed by atoms with van der Waals surface area (Å²) in [5.74, 6) is 0.0143. The molecular formula is C9H13N3O. The van der Waals surface area contributed by atoms with Gasteiger partial charge in [0.05, 0.1) is 5.69 Å². The van der Waals surface area contributed by atoms with Crippen LogP contribution in [0.3, 0.4) is 0 Å². The highest BCUT2D eigenvalue weighted by Gasteiger charge is 2.18. The number of carbonyl (C=O) groups is 1. The maximum atomic E-state index is 11.0. The lowest BCUT2D eigenvalue weighted by Gasteiger charge is -2.04.